The summed E-state index contributed by atoms with van der Waals surface area (Å²) >= 11 is 0. The summed E-state index contributed by atoms with van der Waals surface area (Å²) < 4.78 is 0. The van der Waals surface area contributed by atoms with Crippen LogP contribution >= 0.6 is 0 Å². The monoisotopic (exact) mass is 351 g/mol. The number of Topliss-reactive ketones (excluding diaryl/α,β-unsaturated/α-hetero) is 2. The first-order valence-corrected chi connectivity index (χ1v) is 8.37. The van der Waals surface area contributed by atoms with Gasteiger partial charge in [-0.15, -0.1) is 0 Å². The topological polar surface area (TPSA) is 93.8 Å². The molecule has 4 rings (SSSR count). The van der Waals surface area contributed by atoms with Crippen LogP contribution in [-0.4, -0.2) is 11.6 Å². The van der Waals surface area contributed by atoms with Crippen molar-refractivity contribution in [3.05, 3.63) is 87.6 Å². The Hall–Kier alpha value is -3.96. The van der Waals surface area contributed by atoms with E-state index >= 15 is 0 Å². The largest absolute Gasteiger partial charge is 0.357 e. The second-order valence-corrected chi connectivity index (χ2v) is 6.43. The highest BCUT2D eigenvalue weighted by molar-refractivity contribution is 6.52. The second kappa shape index (κ2) is 6.09. The number of dihydropyridines is 1. The minimum absolute atomic E-state index is 0.283. The maximum absolute atomic E-state index is 13.0. The maximum atomic E-state index is 13.0. The van der Waals surface area contributed by atoms with Gasteiger partial charge >= 0.3 is 0 Å². The normalized spacial score (nSPS) is 18.3. The summed E-state index contributed by atoms with van der Waals surface area (Å²) in [6, 6.07) is 17.9. The predicted octanol–water partition coefficient (Wildman–Crippen LogP) is 3.22. The van der Waals surface area contributed by atoms with Gasteiger partial charge in [0.15, 0.2) is 0 Å². The Labute approximate surface area is 155 Å². The number of fused-ring (bicyclic) bond motifs is 2. The maximum Gasteiger partial charge on any atom is 0.233 e. The summed E-state index contributed by atoms with van der Waals surface area (Å²) in [5, 5.41) is 21.9. The Morgan fingerprint density at radius 2 is 1.56 bits per heavy atom. The van der Waals surface area contributed by atoms with Gasteiger partial charge < -0.3 is 5.32 Å². The van der Waals surface area contributed by atoms with Crippen LogP contribution in [0.4, 0.5) is 0 Å². The molecule has 1 N–H and O–H groups in total. The van der Waals surface area contributed by atoms with E-state index in [2.05, 4.69) is 17.5 Å². The molecule has 2 aromatic rings. The molecule has 0 amide bonds. The molecule has 0 saturated carbocycles. The molecular formula is C22H13N3O2. The lowest BCUT2D eigenvalue weighted by molar-refractivity contribution is -0.112. The van der Waals surface area contributed by atoms with Crippen molar-refractivity contribution in [2.75, 3.05) is 0 Å². The lowest BCUT2D eigenvalue weighted by atomic mass is 9.73. The van der Waals surface area contributed by atoms with Crippen LogP contribution in [-0.2, 0) is 4.79 Å². The fourth-order valence-corrected chi connectivity index (χ4v) is 3.66. The van der Waals surface area contributed by atoms with Crippen molar-refractivity contribution in [2.45, 2.75) is 12.8 Å². The van der Waals surface area contributed by atoms with E-state index in [1.54, 1.807) is 49.4 Å². The number of rotatable bonds is 1. The van der Waals surface area contributed by atoms with Gasteiger partial charge in [-0.2, -0.15) is 10.5 Å². The predicted molar refractivity (Wildman–Crippen MR) is 98.0 cm³/mol. The van der Waals surface area contributed by atoms with E-state index in [9.17, 15) is 14.9 Å². The van der Waals surface area contributed by atoms with Gasteiger partial charge in [0, 0.05) is 22.4 Å². The van der Waals surface area contributed by atoms with E-state index in [0.29, 0.717) is 39.2 Å². The van der Waals surface area contributed by atoms with Gasteiger partial charge in [0.1, 0.15) is 0 Å². The van der Waals surface area contributed by atoms with Crippen molar-refractivity contribution in [2.24, 2.45) is 0 Å². The Morgan fingerprint density at radius 1 is 0.889 bits per heavy atom. The van der Waals surface area contributed by atoms with Gasteiger partial charge in [0.05, 0.1) is 34.9 Å². The number of carbonyl (C=O) groups is 2. The molecule has 1 aliphatic heterocycles. The standard InChI is InChI=1S/C22H13N3O2/c1-12-17(11-24)18(14-8-6-13(10-23)7-9-14)19-20(25-12)15-4-2-3-5-16(15)21(26)22(19)27/h2-9,18,25H,1H3. The van der Waals surface area contributed by atoms with E-state index < -0.39 is 17.5 Å². The third kappa shape index (κ3) is 2.38. The van der Waals surface area contributed by atoms with Gasteiger partial charge in [-0.25, -0.2) is 0 Å². The van der Waals surface area contributed by atoms with Crippen LogP contribution in [0.15, 0.2) is 65.4 Å². The number of hydrogen-bond donors (Lipinski definition) is 1. The van der Waals surface area contributed by atoms with Gasteiger partial charge in [-0.3, -0.25) is 9.59 Å². The fraction of sp³-hybridized carbons (Fsp3) is 0.0909. The van der Waals surface area contributed by atoms with Crippen molar-refractivity contribution in [3.63, 3.8) is 0 Å². The summed E-state index contributed by atoms with van der Waals surface area (Å²) in [4.78, 5) is 25.6. The SMILES string of the molecule is CC1=C(C#N)C(c2ccc(C#N)cc2)C2=C(N1)c1ccccc1C(=O)C2=O. The number of hydrogen-bond acceptors (Lipinski definition) is 5. The van der Waals surface area contributed by atoms with Crippen molar-refractivity contribution >= 4 is 17.3 Å². The average molecular weight is 351 g/mol. The number of ketones is 2. The first-order valence-electron chi connectivity index (χ1n) is 8.37. The van der Waals surface area contributed by atoms with Crippen molar-refractivity contribution < 1.29 is 9.59 Å². The van der Waals surface area contributed by atoms with Crippen molar-refractivity contribution in [1.82, 2.24) is 5.32 Å². The first kappa shape index (κ1) is 16.5. The van der Waals surface area contributed by atoms with Crippen LogP contribution in [0, 0.1) is 22.7 Å². The molecule has 1 atom stereocenters. The zero-order valence-electron chi connectivity index (χ0n) is 14.4. The van der Waals surface area contributed by atoms with Crippen LogP contribution in [0.5, 0.6) is 0 Å². The van der Waals surface area contributed by atoms with Gasteiger partial charge in [-0.1, -0.05) is 36.4 Å². The molecule has 128 valence electrons. The van der Waals surface area contributed by atoms with Gasteiger partial charge in [0.2, 0.25) is 11.6 Å². The highest BCUT2D eigenvalue weighted by Gasteiger charge is 2.41. The number of nitriles is 2. The molecule has 2 aromatic carbocycles. The zero-order valence-corrected chi connectivity index (χ0v) is 14.4. The van der Waals surface area contributed by atoms with Crippen LogP contribution < -0.4 is 5.32 Å². The Bertz CT molecular complexity index is 1160. The minimum atomic E-state index is -0.649. The Balaban J connectivity index is 2.00. The summed E-state index contributed by atoms with van der Waals surface area (Å²) in [5.74, 6) is -1.82. The molecule has 1 unspecified atom stereocenters. The van der Waals surface area contributed by atoms with E-state index in [1.165, 1.54) is 0 Å². The molecule has 0 radical (unpaired) electrons. The lowest BCUT2D eigenvalue weighted by Crippen LogP contribution is -2.35. The first-order chi connectivity index (χ1) is 13.1. The molecule has 1 heterocycles. The Kier molecular flexibility index (Phi) is 3.72. The average Bonchev–Trinajstić information content (AvgIpc) is 2.71. The van der Waals surface area contributed by atoms with Crippen LogP contribution in [0.2, 0.25) is 0 Å². The second-order valence-electron chi connectivity index (χ2n) is 6.43. The summed E-state index contributed by atoms with van der Waals surface area (Å²) in [6.07, 6.45) is 0. The highest BCUT2D eigenvalue weighted by Crippen LogP contribution is 2.43. The molecule has 5 nitrogen and oxygen atoms in total. The number of carbonyl (C=O) groups excluding carboxylic acids is 2. The minimum Gasteiger partial charge on any atom is -0.357 e. The third-order valence-electron chi connectivity index (χ3n) is 4.95. The van der Waals surface area contributed by atoms with E-state index in [1.807, 2.05) is 6.07 Å². The lowest BCUT2D eigenvalue weighted by Gasteiger charge is -2.33. The van der Waals surface area contributed by atoms with Gasteiger partial charge in [-0.05, 0) is 24.6 Å². The molecule has 27 heavy (non-hydrogen) atoms. The van der Waals surface area contributed by atoms with E-state index in [4.69, 9.17) is 5.26 Å². The van der Waals surface area contributed by atoms with Crippen LogP contribution in [0.25, 0.3) is 5.70 Å². The van der Waals surface area contributed by atoms with E-state index in [0.717, 1.165) is 0 Å². The van der Waals surface area contributed by atoms with Crippen molar-refractivity contribution in [3.8, 4) is 12.1 Å². The summed E-state index contributed by atoms with van der Waals surface area (Å²) in [7, 11) is 0. The number of nitrogens with zero attached hydrogens (tertiary/aromatic N) is 2. The van der Waals surface area contributed by atoms with Crippen molar-refractivity contribution in [1.29, 1.82) is 10.5 Å². The molecule has 0 saturated heterocycles. The summed E-state index contributed by atoms with van der Waals surface area (Å²) in [5.41, 5.74) is 4.08. The Morgan fingerprint density at radius 3 is 2.19 bits per heavy atom. The fourth-order valence-electron chi connectivity index (χ4n) is 3.66. The number of benzene rings is 2. The molecule has 2 aliphatic rings. The molecular weight excluding hydrogens is 338 g/mol. The smallest absolute Gasteiger partial charge is 0.233 e. The molecule has 0 fully saturated rings. The third-order valence-corrected chi connectivity index (χ3v) is 4.95. The van der Waals surface area contributed by atoms with Gasteiger partial charge in [0.25, 0.3) is 0 Å². The highest BCUT2D eigenvalue weighted by atomic mass is 16.2. The van der Waals surface area contributed by atoms with Crippen LogP contribution in [0.1, 0.15) is 39.9 Å². The molecule has 5 heteroatoms. The summed E-state index contributed by atoms with van der Waals surface area (Å²) in [6.45, 7) is 1.78. The molecule has 0 aromatic heterocycles. The molecule has 0 spiro atoms. The molecule has 0 bridgehead atoms. The van der Waals surface area contributed by atoms with Crippen LogP contribution in [0.3, 0.4) is 0 Å². The number of nitrogens with one attached hydrogen (secondary N) is 1. The molecule has 1 aliphatic carbocycles. The number of allylic oxidation sites excluding steroid dienone is 3. The van der Waals surface area contributed by atoms with E-state index in [-0.39, 0.29) is 5.57 Å². The zero-order chi connectivity index (χ0) is 19.1. The quantitative estimate of drug-likeness (QED) is 0.796.